The Labute approximate surface area is 152 Å². The molecular weight excluding hydrogens is 387 g/mol. The third-order valence-corrected chi connectivity index (χ3v) is 4.68. The minimum absolute atomic E-state index is 0.0502. The first-order chi connectivity index (χ1) is 12.2. The van der Waals surface area contributed by atoms with Gasteiger partial charge in [-0.25, -0.2) is 12.8 Å². The molecule has 0 fully saturated rings. The molecule has 0 atom stereocenters. The van der Waals surface area contributed by atoms with Crippen LogP contribution in [-0.2, 0) is 14.6 Å². The van der Waals surface area contributed by atoms with Crippen LogP contribution in [0.15, 0.2) is 41.3 Å². The summed E-state index contributed by atoms with van der Waals surface area (Å²) in [5, 5.41) is 10.0. The summed E-state index contributed by atoms with van der Waals surface area (Å²) in [7, 11) is -3.43. The molecule has 136 valence electrons. The Morgan fingerprint density at radius 3 is 2.77 bits per heavy atom. The van der Waals surface area contributed by atoms with Crippen LogP contribution in [0.5, 0.6) is 0 Å². The number of anilines is 1. The molecule has 1 heterocycles. The zero-order chi connectivity index (χ0) is 18.9. The average Bonchev–Trinajstić information content (AvgIpc) is 2.97. The molecule has 0 unspecified atom stereocenters. The van der Waals surface area contributed by atoms with Gasteiger partial charge in [-0.1, -0.05) is 16.4 Å². The molecule has 3 rings (SSSR count). The van der Waals surface area contributed by atoms with Gasteiger partial charge in [0.05, 0.1) is 10.6 Å². The van der Waals surface area contributed by atoms with Gasteiger partial charge in [-0.3, -0.25) is 4.79 Å². The van der Waals surface area contributed by atoms with Gasteiger partial charge in [0.2, 0.25) is 0 Å². The fourth-order valence-electron chi connectivity index (χ4n) is 2.10. The summed E-state index contributed by atoms with van der Waals surface area (Å²) >= 11 is 5.64. The van der Waals surface area contributed by atoms with Crippen molar-refractivity contribution in [2.75, 3.05) is 18.2 Å². The van der Waals surface area contributed by atoms with Crippen LogP contribution in [0.4, 0.5) is 10.1 Å². The van der Waals surface area contributed by atoms with Crippen molar-refractivity contribution in [1.82, 2.24) is 15.2 Å². The maximum atomic E-state index is 13.7. The number of amides is 1. The van der Waals surface area contributed by atoms with Crippen molar-refractivity contribution < 1.29 is 22.4 Å². The molecule has 0 saturated carbocycles. The van der Waals surface area contributed by atoms with E-state index in [0.29, 0.717) is 5.52 Å². The molecule has 8 nitrogen and oxygen atoms in total. The van der Waals surface area contributed by atoms with Crippen molar-refractivity contribution in [2.24, 2.45) is 0 Å². The highest BCUT2D eigenvalue weighted by Crippen LogP contribution is 2.19. The molecule has 0 spiro atoms. The first kappa shape index (κ1) is 18.1. The van der Waals surface area contributed by atoms with Crippen molar-refractivity contribution in [3.8, 4) is 0 Å². The Kier molecular flexibility index (Phi) is 4.79. The van der Waals surface area contributed by atoms with E-state index in [1.54, 1.807) is 0 Å². The van der Waals surface area contributed by atoms with Crippen molar-refractivity contribution in [3.63, 3.8) is 0 Å². The number of halogens is 2. The topological polar surface area (TPSA) is 103 Å². The molecule has 1 N–H and O–H groups in total. The van der Waals surface area contributed by atoms with Gasteiger partial charge in [0.25, 0.3) is 5.91 Å². The van der Waals surface area contributed by atoms with Crippen LogP contribution >= 0.6 is 11.6 Å². The van der Waals surface area contributed by atoms with Gasteiger partial charge in [0, 0.05) is 11.3 Å². The third kappa shape index (κ3) is 3.92. The smallest absolute Gasteiger partial charge is 0.265 e. The van der Waals surface area contributed by atoms with Crippen molar-refractivity contribution >= 4 is 44.1 Å². The molecule has 0 bridgehead atoms. The number of rotatable bonds is 5. The predicted molar refractivity (Wildman–Crippen MR) is 92.1 cm³/mol. The molecular formula is C15H12ClFN4O4S. The van der Waals surface area contributed by atoms with Gasteiger partial charge < -0.3 is 10.2 Å². The molecule has 0 saturated heterocycles. The van der Waals surface area contributed by atoms with E-state index in [1.807, 2.05) is 0 Å². The van der Waals surface area contributed by atoms with Gasteiger partial charge in [-0.2, -0.15) is 0 Å². The molecule has 3 aromatic rings. The number of carbonyl (C=O) groups is 1. The summed E-state index contributed by atoms with van der Waals surface area (Å²) in [4.78, 5) is 18.1. The number of fused-ring (bicyclic) bond motifs is 1. The van der Waals surface area contributed by atoms with Crippen LogP contribution in [0.3, 0.4) is 0 Å². The van der Waals surface area contributed by atoms with E-state index in [2.05, 4.69) is 15.6 Å². The van der Waals surface area contributed by atoms with Crippen LogP contribution in [0, 0.1) is 5.82 Å². The van der Waals surface area contributed by atoms with Gasteiger partial charge in [-0.05, 0) is 41.6 Å². The Morgan fingerprint density at radius 1 is 1.31 bits per heavy atom. The number of benzene rings is 2. The first-order valence-electron chi connectivity index (χ1n) is 7.18. The van der Waals surface area contributed by atoms with Gasteiger partial charge in [-0.15, -0.1) is 5.10 Å². The number of nitrogens with zero attached hydrogens (tertiary/aromatic N) is 3. The van der Waals surface area contributed by atoms with Crippen LogP contribution in [0.2, 0.25) is 5.02 Å². The maximum Gasteiger partial charge on any atom is 0.265 e. The molecule has 0 radical (unpaired) electrons. The van der Waals surface area contributed by atoms with E-state index in [4.69, 9.17) is 16.4 Å². The van der Waals surface area contributed by atoms with E-state index in [0.717, 1.165) is 17.2 Å². The molecule has 1 amide bonds. The first-order valence-corrected chi connectivity index (χ1v) is 9.45. The van der Waals surface area contributed by atoms with Crippen molar-refractivity contribution in [1.29, 1.82) is 0 Å². The monoisotopic (exact) mass is 398 g/mol. The Balaban J connectivity index is 1.74. The summed E-state index contributed by atoms with van der Waals surface area (Å²) in [5.41, 5.74) is 0.616. The molecule has 2 aromatic carbocycles. The molecule has 0 aliphatic heterocycles. The molecule has 0 aliphatic rings. The molecule has 0 aliphatic carbocycles. The Morgan fingerprint density at radius 2 is 2.08 bits per heavy atom. The minimum Gasteiger partial charge on any atom is -0.385 e. The Bertz CT molecular complexity index is 1100. The summed E-state index contributed by atoms with van der Waals surface area (Å²) in [5.74, 6) is -1.33. The maximum absolute atomic E-state index is 13.7. The van der Waals surface area contributed by atoms with Gasteiger partial charge in [0.15, 0.2) is 16.4 Å². The number of nitrogens with one attached hydrogen (secondary N) is 1. The van der Waals surface area contributed by atoms with Gasteiger partial charge in [0.1, 0.15) is 16.9 Å². The lowest BCUT2D eigenvalue weighted by Gasteiger charge is -2.08. The van der Waals surface area contributed by atoms with Crippen LogP contribution in [0.25, 0.3) is 11.0 Å². The van der Waals surface area contributed by atoms with E-state index in [1.165, 1.54) is 30.3 Å². The quantitative estimate of drug-likeness (QED) is 0.701. The Hall–Kier alpha value is -2.72. The summed E-state index contributed by atoms with van der Waals surface area (Å²) in [6.07, 6.45) is 1.07. The van der Waals surface area contributed by atoms with E-state index >= 15 is 0 Å². The molecule has 11 heteroatoms. The SMILES string of the molecule is CS(=O)(=O)c1ccc2nnn(OCC(=O)Nc3ccc(Cl)cc3F)c2c1. The second-order valence-corrected chi connectivity index (χ2v) is 7.78. The number of carbonyl (C=O) groups excluding carboxylic acids is 1. The number of aromatic nitrogens is 3. The highest BCUT2D eigenvalue weighted by molar-refractivity contribution is 7.90. The van der Waals surface area contributed by atoms with Gasteiger partial charge >= 0.3 is 0 Å². The fourth-order valence-corrected chi connectivity index (χ4v) is 2.90. The number of hydrogen-bond donors (Lipinski definition) is 1. The second kappa shape index (κ2) is 6.89. The van der Waals surface area contributed by atoms with E-state index < -0.39 is 28.2 Å². The van der Waals surface area contributed by atoms with E-state index in [9.17, 15) is 17.6 Å². The standard InChI is InChI=1S/C15H12ClFN4O4S/c1-26(23,24)10-3-5-13-14(7-10)21(20-19-13)25-8-15(22)18-12-4-2-9(16)6-11(12)17/h2-7H,8H2,1H3,(H,18,22). The second-order valence-electron chi connectivity index (χ2n) is 5.33. The normalized spacial score (nSPS) is 11.5. The number of hydrogen-bond acceptors (Lipinski definition) is 6. The highest BCUT2D eigenvalue weighted by Gasteiger charge is 2.14. The average molecular weight is 399 g/mol. The van der Waals surface area contributed by atoms with Crippen LogP contribution in [-0.4, -0.2) is 42.3 Å². The fraction of sp³-hybridized carbons (Fsp3) is 0.133. The predicted octanol–water partition coefficient (Wildman–Crippen LogP) is 1.69. The third-order valence-electron chi connectivity index (χ3n) is 3.34. The zero-order valence-electron chi connectivity index (χ0n) is 13.3. The van der Waals surface area contributed by atoms with Crippen molar-refractivity contribution in [3.05, 3.63) is 47.2 Å². The summed E-state index contributed by atoms with van der Waals surface area (Å²) in [6, 6.07) is 8.02. The lowest BCUT2D eigenvalue weighted by molar-refractivity contribution is -0.121. The summed E-state index contributed by atoms with van der Waals surface area (Å²) < 4.78 is 36.9. The van der Waals surface area contributed by atoms with Crippen molar-refractivity contribution in [2.45, 2.75) is 4.90 Å². The minimum atomic E-state index is -3.43. The number of sulfone groups is 1. The lowest BCUT2D eigenvalue weighted by atomic mass is 10.3. The molecule has 26 heavy (non-hydrogen) atoms. The van der Waals surface area contributed by atoms with Crippen LogP contribution < -0.4 is 10.2 Å². The summed E-state index contributed by atoms with van der Waals surface area (Å²) in [6.45, 7) is -0.496. The largest absolute Gasteiger partial charge is 0.385 e. The lowest BCUT2D eigenvalue weighted by Crippen LogP contribution is -2.26. The van der Waals surface area contributed by atoms with E-state index in [-0.39, 0.29) is 21.1 Å². The van der Waals surface area contributed by atoms with Crippen LogP contribution in [0.1, 0.15) is 0 Å². The zero-order valence-corrected chi connectivity index (χ0v) is 14.9. The highest BCUT2D eigenvalue weighted by atomic mass is 35.5. The molecule has 1 aromatic heterocycles.